The van der Waals surface area contributed by atoms with Crippen molar-refractivity contribution in [3.05, 3.63) is 59.9 Å². The summed E-state index contributed by atoms with van der Waals surface area (Å²) in [5, 5.41) is 12.0. The first-order chi connectivity index (χ1) is 8.29. The van der Waals surface area contributed by atoms with E-state index in [4.69, 9.17) is 5.26 Å². The topological polar surface area (TPSA) is 48.7 Å². The van der Waals surface area contributed by atoms with Gasteiger partial charge in [-0.2, -0.15) is 5.26 Å². The highest BCUT2D eigenvalue weighted by molar-refractivity contribution is 5.48. The number of nitrogens with one attached hydrogen (secondary N) is 1. The van der Waals surface area contributed by atoms with Gasteiger partial charge >= 0.3 is 0 Å². The van der Waals surface area contributed by atoms with E-state index in [1.807, 2.05) is 30.3 Å². The fourth-order valence-electron chi connectivity index (χ4n) is 1.60. The van der Waals surface area contributed by atoms with E-state index in [9.17, 15) is 0 Å². The Bertz CT molecular complexity index is 511. The molecule has 17 heavy (non-hydrogen) atoms. The van der Waals surface area contributed by atoms with Gasteiger partial charge in [-0.3, -0.25) is 4.98 Å². The van der Waals surface area contributed by atoms with Gasteiger partial charge in [0.15, 0.2) is 0 Å². The van der Waals surface area contributed by atoms with Crippen molar-refractivity contribution in [3.63, 3.8) is 0 Å². The van der Waals surface area contributed by atoms with Gasteiger partial charge in [-0.1, -0.05) is 6.07 Å². The van der Waals surface area contributed by atoms with Crippen LogP contribution in [0.5, 0.6) is 0 Å². The molecule has 0 aliphatic heterocycles. The molecule has 0 aliphatic rings. The minimum Gasteiger partial charge on any atom is -0.377 e. The Labute approximate surface area is 101 Å². The van der Waals surface area contributed by atoms with Crippen molar-refractivity contribution in [2.75, 3.05) is 5.32 Å². The highest BCUT2D eigenvalue weighted by Gasteiger charge is 2.05. The molecule has 0 amide bonds. The van der Waals surface area contributed by atoms with E-state index in [-0.39, 0.29) is 6.04 Å². The molecule has 0 fully saturated rings. The van der Waals surface area contributed by atoms with E-state index >= 15 is 0 Å². The summed E-state index contributed by atoms with van der Waals surface area (Å²) >= 11 is 0. The van der Waals surface area contributed by atoms with Crippen molar-refractivity contribution in [2.45, 2.75) is 13.0 Å². The fourth-order valence-corrected chi connectivity index (χ4v) is 1.60. The lowest BCUT2D eigenvalue weighted by molar-refractivity contribution is 0.839. The first-order valence-corrected chi connectivity index (χ1v) is 5.47. The van der Waals surface area contributed by atoms with Gasteiger partial charge in [-0.15, -0.1) is 0 Å². The summed E-state index contributed by atoms with van der Waals surface area (Å²) in [4.78, 5) is 4.29. The molecule has 1 atom stereocenters. The molecule has 0 spiro atoms. The van der Waals surface area contributed by atoms with E-state index in [0.29, 0.717) is 5.56 Å². The van der Waals surface area contributed by atoms with E-state index in [1.165, 1.54) is 0 Å². The lowest BCUT2D eigenvalue weighted by Gasteiger charge is -2.14. The molecule has 2 aromatic rings. The highest BCUT2D eigenvalue weighted by Crippen LogP contribution is 2.17. The van der Waals surface area contributed by atoms with Crippen molar-refractivity contribution in [1.29, 1.82) is 5.26 Å². The van der Waals surface area contributed by atoms with Crippen LogP contribution in [0, 0.1) is 11.3 Å². The minimum atomic E-state index is 0.143. The van der Waals surface area contributed by atoms with Crippen LogP contribution in [0.4, 0.5) is 5.69 Å². The van der Waals surface area contributed by atoms with E-state index in [0.717, 1.165) is 11.4 Å². The maximum Gasteiger partial charge on any atom is 0.0991 e. The van der Waals surface area contributed by atoms with Gasteiger partial charge in [0.2, 0.25) is 0 Å². The number of benzene rings is 1. The largest absolute Gasteiger partial charge is 0.377 e. The zero-order chi connectivity index (χ0) is 12.1. The SMILES string of the molecule is CC(Nc1ccc(C#N)cc1)c1ccccn1. The molecular formula is C14H13N3. The van der Waals surface area contributed by atoms with Crippen LogP contribution < -0.4 is 5.32 Å². The molecule has 3 nitrogen and oxygen atoms in total. The third-order valence-electron chi connectivity index (χ3n) is 2.53. The second-order valence-corrected chi connectivity index (χ2v) is 3.81. The normalized spacial score (nSPS) is 11.5. The van der Waals surface area contributed by atoms with Crippen LogP contribution in [-0.2, 0) is 0 Å². The molecule has 1 aromatic heterocycles. The third-order valence-corrected chi connectivity index (χ3v) is 2.53. The molecule has 1 N–H and O–H groups in total. The lowest BCUT2D eigenvalue weighted by Crippen LogP contribution is -2.07. The second kappa shape index (κ2) is 5.13. The summed E-state index contributed by atoms with van der Waals surface area (Å²) < 4.78 is 0. The Balaban J connectivity index is 2.08. The summed E-state index contributed by atoms with van der Waals surface area (Å²) in [5.41, 5.74) is 2.65. The minimum absolute atomic E-state index is 0.143. The molecule has 0 bridgehead atoms. The Morgan fingerprint density at radius 3 is 2.53 bits per heavy atom. The summed E-state index contributed by atoms with van der Waals surface area (Å²) in [7, 11) is 0. The van der Waals surface area contributed by atoms with Gasteiger partial charge < -0.3 is 5.32 Å². The van der Waals surface area contributed by atoms with Crippen LogP contribution in [0.3, 0.4) is 0 Å². The summed E-state index contributed by atoms with van der Waals surface area (Å²) in [5.74, 6) is 0. The predicted molar refractivity (Wildman–Crippen MR) is 67.4 cm³/mol. The highest BCUT2D eigenvalue weighted by atomic mass is 14.9. The quantitative estimate of drug-likeness (QED) is 0.869. The zero-order valence-electron chi connectivity index (χ0n) is 9.59. The molecule has 0 saturated heterocycles. The molecule has 3 heteroatoms. The number of nitriles is 1. The Morgan fingerprint density at radius 1 is 1.18 bits per heavy atom. The third kappa shape index (κ3) is 2.82. The number of aromatic nitrogens is 1. The predicted octanol–water partition coefficient (Wildman–Crippen LogP) is 3.13. The molecule has 84 valence electrons. The second-order valence-electron chi connectivity index (χ2n) is 3.81. The van der Waals surface area contributed by atoms with Gasteiger partial charge in [0.1, 0.15) is 0 Å². The maximum atomic E-state index is 8.71. The molecule has 2 rings (SSSR count). The molecule has 0 aliphatic carbocycles. The van der Waals surface area contributed by atoms with E-state index in [1.54, 1.807) is 18.3 Å². The van der Waals surface area contributed by atoms with Crippen LogP contribution in [0.1, 0.15) is 24.2 Å². The van der Waals surface area contributed by atoms with Crippen LogP contribution in [0.15, 0.2) is 48.7 Å². The Morgan fingerprint density at radius 2 is 1.94 bits per heavy atom. The van der Waals surface area contributed by atoms with Crippen LogP contribution in [0.2, 0.25) is 0 Å². The van der Waals surface area contributed by atoms with Gasteiger partial charge in [0, 0.05) is 11.9 Å². The maximum absolute atomic E-state index is 8.71. The molecule has 0 radical (unpaired) electrons. The first-order valence-electron chi connectivity index (χ1n) is 5.47. The van der Waals surface area contributed by atoms with Crippen LogP contribution >= 0.6 is 0 Å². The van der Waals surface area contributed by atoms with Crippen molar-refractivity contribution >= 4 is 5.69 Å². The summed E-state index contributed by atoms with van der Waals surface area (Å²) in [6, 6.07) is 15.5. The monoisotopic (exact) mass is 223 g/mol. The van der Waals surface area contributed by atoms with Crippen LogP contribution in [-0.4, -0.2) is 4.98 Å². The smallest absolute Gasteiger partial charge is 0.0991 e. The average molecular weight is 223 g/mol. The van der Waals surface area contributed by atoms with Gasteiger partial charge in [-0.25, -0.2) is 0 Å². The van der Waals surface area contributed by atoms with Crippen molar-refractivity contribution in [2.24, 2.45) is 0 Å². The molecule has 0 saturated carbocycles. The number of nitrogens with zero attached hydrogens (tertiary/aromatic N) is 2. The van der Waals surface area contributed by atoms with Gasteiger partial charge in [0.25, 0.3) is 0 Å². The number of anilines is 1. The number of hydrogen-bond acceptors (Lipinski definition) is 3. The van der Waals surface area contributed by atoms with Crippen molar-refractivity contribution in [3.8, 4) is 6.07 Å². The average Bonchev–Trinajstić information content (AvgIpc) is 2.40. The Hall–Kier alpha value is -2.34. The van der Waals surface area contributed by atoms with E-state index in [2.05, 4.69) is 23.3 Å². The summed E-state index contributed by atoms with van der Waals surface area (Å²) in [6.07, 6.45) is 1.78. The van der Waals surface area contributed by atoms with Gasteiger partial charge in [0.05, 0.1) is 23.4 Å². The molecule has 1 heterocycles. The number of pyridine rings is 1. The van der Waals surface area contributed by atoms with Crippen molar-refractivity contribution < 1.29 is 0 Å². The molecule has 1 unspecified atom stereocenters. The standard InChI is InChI=1S/C14H13N3/c1-11(14-4-2-3-9-16-14)17-13-7-5-12(10-15)6-8-13/h2-9,11,17H,1H3. The number of hydrogen-bond donors (Lipinski definition) is 1. The van der Waals surface area contributed by atoms with E-state index < -0.39 is 0 Å². The van der Waals surface area contributed by atoms with Gasteiger partial charge in [-0.05, 0) is 43.3 Å². The molecule has 1 aromatic carbocycles. The fraction of sp³-hybridized carbons (Fsp3) is 0.143. The molecular weight excluding hydrogens is 210 g/mol. The number of rotatable bonds is 3. The zero-order valence-corrected chi connectivity index (χ0v) is 9.59. The van der Waals surface area contributed by atoms with Crippen LogP contribution in [0.25, 0.3) is 0 Å². The lowest BCUT2D eigenvalue weighted by atomic mass is 10.2. The summed E-state index contributed by atoms with van der Waals surface area (Å²) in [6.45, 7) is 2.06. The first kappa shape index (κ1) is 11.2. The van der Waals surface area contributed by atoms with Crippen molar-refractivity contribution in [1.82, 2.24) is 4.98 Å². The Kier molecular flexibility index (Phi) is 3.37.